The van der Waals surface area contributed by atoms with E-state index in [9.17, 15) is 13.5 Å². The summed E-state index contributed by atoms with van der Waals surface area (Å²) in [5.74, 6) is 0.194. The van der Waals surface area contributed by atoms with Crippen LogP contribution in [0.15, 0.2) is 95.9 Å². The summed E-state index contributed by atoms with van der Waals surface area (Å²) in [7, 11) is 0.259. The van der Waals surface area contributed by atoms with Crippen LogP contribution in [0, 0.1) is 5.41 Å². The summed E-state index contributed by atoms with van der Waals surface area (Å²) in [6.45, 7) is 14.5. The lowest BCUT2D eigenvalue weighted by molar-refractivity contribution is -0.953. The number of hydrogen-bond donors (Lipinski definition) is 1. The molecule has 3 fully saturated rings. The quantitative estimate of drug-likeness (QED) is 0.108. The molecule has 4 aromatic carbocycles. The van der Waals surface area contributed by atoms with Crippen molar-refractivity contribution >= 4 is 15.5 Å². The van der Waals surface area contributed by atoms with Gasteiger partial charge < -0.3 is 24.0 Å². The summed E-state index contributed by atoms with van der Waals surface area (Å²) < 4.78 is 41.9. The molecule has 4 heterocycles. The molecule has 0 aliphatic carbocycles. The Bertz CT molecular complexity index is 2000. The van der Waals surface area contributed by atoms with Gasteiger partial charge in [-0.3, -0.25) is 4.90 Å². The molecular formula is C48H64N3O5S+. The standard InChI is InChI=1S/C48H64N3O5S/c1-5-7-23-48(24-8-6-2)36-57(53,54)45-22-19-42(49(3)4)31-44(45)46(47(48)52)41-17-20-43(21-18-41)56-35-40-15-13-39(14-16-40)34-55-33-38-11-9-37(10-12-38)32-51-28-25-50(26-29-51)27-30-51/h9-22,31,46-47,52H,5-8,23-30,32-36H2,1-4H3/q+1/t46-,47-/m1/s1. The number of sulfone groups is 1. The second-order valence-corrected chi connectivity index (χ2v) is 19.3. The van der Waals surface area contributed by atoms with Gasteiger partial charge in [0.1, 0.15) is 18.9 Å². The van der Waals surface area contributed by atoms with Gasteiger partial charge in [-0.05, 0) is 71.0 Å². The first-order valence-corrected chi connectivity index (χ1v) is 22.9. The molecule has 8 rings (SSSR count). The van der Waals surface area contributed by atoms with Gasteiger partial charge in [-0.2, -0.15) is 0 Å². The van der Waals surface area contributed by atoms with E-state index in [1.807, 2.05) is 55.4 Å². The zero-order valence-corrected chi connectivity index (χ0v) is 35.5. The molecule has 4 aliphatic rings. The Labute approximate surface area is 341 Å². The van der Waals surface area contributed by atoms with Crippen molar-refractivity contribution in [2.24, 2.45) is 5.41 Å². The van der Waals surface area contributed by atoms with E-state index in [0.717, 1.165) is 60.4 Å². The second kappa shape index (κ2) is 18.0. The fraction of sp³-hybridized carbons (Fsp3) is 0.500. The van der Waals surface area contributed by atoms with E-state index in [4.69, 9.17) is 9.47 Å². The molecule has 4 aliphatic heterocycles. The van der Waals surface area contributed by atoms with Gasteiger partial charge >= 0.3 is 0 Å². The molecule has 306 valence electrons. The van der Waals surface area contributed by atoms with Crippen molar-refractivity contribution in [3.05, 3.63) is 124 Å². The number of benzene rings is 4. The van der Waals surface area contributed by atoms with Crippen LogP contribution in [-0.2, 0) is 40.9 Å². The van der Waals surface area contributed by atoms with E-state index < -0.39 is 27.3 Å². The van der Waals surface area contributed by atoms with Gasteiger partial charge in [0.25, 0.3) is 0 Å². The van der Waals surface area contributed by atoms with Crippen LogP contribution in [0.1, 0.15) is 91.7 Å². The number of rotatable bonds is 17. The number of nitrogens with zero attached hydrogens (tertiary/aromatic N) is 3. The summed E-state index contributed by atoms with van der Waals surface area (Å²) in [5, 5.41) is 12.5. The predicted octanol–water partition coefficient (Wildman–Crippen LogP) is 8.34. The van der Waals surface area contributed by atoms with Crippen LogP contribution < -0.4 is 9.64 Å². The smallest absolute Gasteiger partial charge is 0.179 e. The third-order valence-corrected chi connectivity index (χ3v) is 15.1. The van der Waals surface area contributed by atoms with Crippen LogP contribution in [-0.4, -0.2) is 88.1 Å². The first-order chi connectivity index (χ1) is 27.5. The highest BCUT2D eigenvalue weighted by Gasteiger charge is 2.49. The highest BCUT2D eigenvalue weighted by atomic mass is 32.2. The molecule has 2 atom stereocenters. The van der Waals surface area contributed by atoms with E-state index >= 15 is 0 Å². The number of aliphatic hydroxyl groups is 1. The Morgan fingerprint density at radius 1 is 0.754 bits per heavy atom. The lowest BCUT2D eigenvalue weighted by Crippen LogP contribution is -2.66. The number of quaternary nitrogens is 1. The van der Waals surface area contributed by atoms with Crippen molar-refractivity contribution in [1.29, 1.82) is 0 Å². The molecule has 0 aromatic heterocycles. The maximum absolute atomic E-state index is 14.2. The monoisotopic (exact) mass is 794 g/mol. The third-order valence-electron chi connectivity index (χ3n) is 13.1. The fourth-order valence-electron chi connectivity index (χ4n) is 9.44. The second-order valence-electron chi connectivity index (χ2n) is 17.4. The van der Waals surface area contributed by atoms with Crippen LogP contribution in [0.25, 0.3) is 0 Å². The van der Waals surface area contributed by atoms with Crippen molar-refractivity contribution in [3.63, 3.8) is 0 Å². The third kappa shape index (κ3) is 9.60. The molecule has 57 heavy (non-hydrogen) atoms. The molecular weight excluding hydrogens is 731 g/mol. The van der Waals surface area contributed by atoms with Crippen LogP contribution >= 0.6 is 0 Å². The zero-order valence-electron chi connectivity index (χ0n) is 34.7. The molecule has 0 unspecified atom stereocenters. The molecule has 0 radical (unpaired) electrons. The zero-order chi connectivity index (χ0) is 40.0. The summed E-state index contributed by atoms with van der Waals surface area (Å²) in [6, 6.07) is 30.9. The van der Waals surface area contributed by atoms with Crippen molar-refractivity contribution in [3.8, 4) is 5.75 Å². The molecule has 1 N–H and O–H groups in total. The summed E-state index contributed by atoms with van der Waals surface area (Å²) in [5.41, 5.74) is 6.55. The minimum Gasteiger partial charge on any atom is -0.489 e. The minimum atomic E-state index is -3.65. The number of hydrogen-bond acceptors (Lipinski definition) is 7. The largest absolute Gasteiger partial charge is 0.489 e. The van der Waals surface area contributed by atoms with E-state index in [0.29, 0.717) is 43.1 Å². The molecule has 3 saturated heterocycles. The number of anilines is 1. The van der Waals surface area contributed by atoms with Gasteiger partial charge in [-0.25, -0.2) is 8.42 Å². The average Bonchev–Trinajstić information content (AvgIpc) is 3.29. The number of piperazine rings is 3. The number of aliphatic hydroxyl groups excluding tert-OH is 1. The highest BCUT2D eigenvalue weighted by molar-refractivity contribution is 7.91. The summed E-state index contributed by atoms with van der Waals surface area (Å²) >= 11 is 0. The van der Waals surface area contributed by atoms with Gasteiger partial charge in [-0.15, -0.1) is 0 Å². The topological polar surface area (TPSA) is 79.3 Å². The maximum atomic E-state index is 14.2. The normalized spacial score (nSPS) is 23.4. The molecule has 2 bridgehead atoms. The van der Waals surface area contributed by atoms with Crippen LogP contribution in [0.4, 0.5) is 5.69 Å². The van der Waals surface area contributed by atoms with E-state index in [2.05, 4.69) is 67.3 Å². The van der Waals surface area contributed by atoms with Crippen LogP contribution in [0.3, 0.4) is 0 Å². The molecule has 4 aromatic rings. The summed E-state index contributed by atoms with van der Waals surface area (Å²) in [6.07, 6.45) is 4.12. The fourth-order valence-corrected chi connectivity index (χ4v) is 11.6. The van der Waals surface area contributed by atoms with Crippen molar-refractivity contribution < 1.29 is 27.5 Å². The highest BCUT2D eigenvalue weighted by Crippen LogP contribution is 2.50. The van der Waals surface area contributed by atoms with Gasteiger partial charge in [0.2, 0.25) is 0 Å². The minimum absolute atomic E-state index is 0.0366. The van der Waals surface area contributed by atoms with Crippen LogP contribution in [0.2, 0.25) is 0 Å². The lowest BCUT2D eigenvalue weighted by Gasteiger charge is -2.50. The van der Waals surface area contributed by atoms with Gasteiger partial charge in [0.15, 0.2) is 9.84 Å². The van der Waals surface area contributed by atoms with Crippen molar-refractivity contribution in [1.82, 2.24) is 4.90 Å². The average molecular weight is 795 g/mol. The van der Waals surface area contributed by atoms with E-state index in [1.54, 1.807) is 6.07 Å². The van der Waals surface area contributed by atoms with E-state index in [-0.39, 0.29) is 5.75 Å². The Hall–Kier alpha value is -3.73. The number of fused-ring (bicyclic) bond motifs is 4. The Morgan fingerprint density at radius 3 is 1.84 bits per heavy atom. The predicted molar refractivity (Wildman–Crippen MR) is 229 cm³/mol. The van der Waals surface area contributed by atoms with Gasteiger partial charge in [0.05, 0.1) is 49.6 Å². The number of unbranched alkanes of at least 4 members (excludes halogenated alkanes) is 2. The first kappa shape index (κ1) is 41.4. The SMILES string of the molecule is CCCCC1(CCCC)CS(=O)(=O)c2ccc(N(C)C)cc2[C@@H](c2ccc(OCc3ccc(COCc4ccc(C[N+]56CCN(CC5)CC6)cc4)cc3)cc2)[C@H]1O. The Kier molecular flexibility index (Phi) is 13.1. The first-order valence-electron chi connectivity index (χ1n) is 21.3. The molecule has 9 heteroatoms. The maximum Gasteiger partial charge on any atom is 0.179 e. The van der Waals surface area contributed by atoms with Crippen molar-refractivity contribution in [2.45, 2.75) is 95.7 Å². The molecule has 8 nitrogen and oxygen atoms in total. The Balaban J connectivity index is 0.980. The molecule has 0 spiro atoms. The van der Waals surface area contributed by atoms with E-state index in [1.165, 1.54) is 54.9 Å². The lowest BCUT2D eigenvalue weighted by atomic mass is 9.68. The Morgan fingerprint density at radius 2 is 1.30 bits per heavy atom. The van der Waals surface area contributed by atoms with Gasteiger partial charge in [-0.1, -0.05) is 100 Å². The molecule has 0 saturated carbocycles. The van der Waals surface area contributed by atoms with Crippen molar-refractivity contribution in [2.75, 3.05) is 64.0 Å². The molecule has 0 amide bonds. The summed E-state index contributed by atoms with van der Waals surface area (Å²) in [4.78, 5) is 4.92. The number of ether oxygens (including phenoxy) is 2. The van der Waals surface area contributed by atoms with Gasteiger partial charge in [0, 0.05) is 56.3 Å². The van der Waals surface area contributed by atoms with Crippen LogP contribution in [0.5, 0.6) is 5.75 Å².